The van der Waals surface area contributed by atoms with E-state index >= 15 is 0 Å². The summed E-state index contributed by atoms with van der Waals surface area (Å²) >= 11 is 0. The number of hydrogen-bond acceptors (Lipinski definition) is 3. The van der Waals surface area contributed by atoms with Crippen LogP contribution in [0.25, 0.3) is 0 Å². The van der Waals surface area contributed by atoms with E-state index in [0.717, 1.165) is 0 Å². The summed E-state index contributed by atoms with van der Waals surface area (Å²) in [6.07, 6.45) is 3.32. The third kappa shape index (κ3) is 1.05. The fourth-order valence-electron chi connectivity index (χ4n) is 0.477. The number of aliphatic imine (C=N–C) groups is 1. The molecule has 0 fully saturated rings. The first kappa shape index (κ1) is 5.28. The van der Waals surface area contributed by atoms with Gasteiger partial charge in [0.1, 0.15) is 5.66 Å². The molecule has 1 heterocycles. The minimum atomic E-state index is -0.200. The van der Waals surface area contributed by atoms with E-state index in [4.69, 9.17) is 0 Å². The Labute approximate surface area is 48.5 Å². The molecule has 0 unspecified atom stereocenters. The quantitative estimate of drug-likeness (QED) is 0.482. The van der Waals surface area contributed by atoms with Gasteiger partial charge in [0.15, 0.2) is 0 Å². The minimum Gasteiger partial charge on any atom is -0.284 e. The molecule has 0 aromatic heterocycles. The van der Waals surface area contributed by atoms with Crippen molar-refractivity contribution in [1.29, 1.82) is 0 Å². The van der Waals surface area contributed by atoms with Crippen LogP contribution < -0.4 is 5.43 Å². The van der Waals surface area contributed by atoms with Crippen molar-refractivity contribution in [2.45, 2.75) is 19.5 Å². The van der Waals surface area contributed by atoms with Gasteiger partial charge >= 0.3 is 0 Å². The van der Waals surface area contributed by atoms with E-state index in [0.29, 0.717) is 0 Å². The molecular weight excluding hydrogens is 102 g/mol. The highest BCUT2D eigenvalue weighted by atomic mass is 15.4. The number of nitrogens with zero attached hydrogens (tertiary/aromatic N) is 2. The van der Waals surface area contributed by atoms with E-state index in [9.17, 15) is 0 Å². The van der Waals surface area contributed by atoms with Gasteiger partial charge in [-0.25, -0.2) is 0 Å². The maximum atomic E-state index is 4.08. The van der Waals surface area contributed by atoms with Crippen molar-refractivity contribution in [1.82, 2.24) is 5.43 Å². The van der Waals surface area contributed by atoms with Crippen LogP contribution >= 0.6 is 0 Å². The molecule has 0 radical (unpaired) electrons. The average Bonchev–Trinajstić information content (AvgIpc) is 1.65. The van der Waals surface area contributed by atoms with Crippen LogP contribution in [0.15, 0.2) is 10.1 Å². The monoisotopic (exact) mass is 111 g/mol. The molecule has 0 aromatic rings. The van der Waals surface area contributed by atoms with Gasteiger partial charge in [-0.05, 0) is 13.8 Å². The first-order valence-corrected chi connectivity index (χ1v) is 2.55. The van der Waals surface area contributed by atoms with Crippen molar-refractivity contribution >= 4 is 12.4 Å². The molecule has 1 aliphatic heterocycles. The molecule has 0 aromatic carbocycles. The Morgan fingerprint density at radius 1 is 1.38 bits per heavy atom. The van der Waals surface area contributed by atoms with Crippen LogP contribution in [0.4, 0.5) is 0 Å². The van der Waals surface area contributed by atoms with E-state index < -0.39 is 0 Å². The van der Waals surface area contributed by atoms with Crippen LogP contribution in [0.2, 0.25) is 0 Å². The van der Waals surface area contributed by atoms with Gasteiger partial charge in [0.2, 0.25) is 0 Å². The van der Waals surface area contributed by atoms with Gasteiger partial charge in [0.25, 0.3) is 0 Å². The molecule has 0 amide bonds. The van der Waals surface area contributed by atoms with Crippen molar-refractivity contribution in [2.75, 3.05) is 0 Å². The highest BCUT2D eigenvalue weighted by Crippen LogP contribution is 2.03. The molecular formula is C5H9N3. The van der Waals surface area contributed by atoms with Crippen LogP contribution in [0, 0.1) is 0 Å². The summed E-state index contributed by atoms with van der Waals surface area (Å²) in [5.74, 6) is 0. The Balaban J connectivity index is 2.65. The standard InChI is InChI=1S/C5H9N3/c1-5(2)6-3-4-7-8-5/h3-4,8H,1-2H3. The molecule has 1 rings (SSSR count). The zero-order valence-corrected chi connectivity index (χ0v) is 5.05. The van der Waals surface area contributed by atoms with Crippen molar-refractivity contribution in [2.24, 2.45) is 10.1 Å². The van der Waals surface area contributed by atoms with Crippen molar-refractivity contribution in [3.8, 4) is 0 Å². The molecule has 0 atom stereocenters. The normalized spacial score (nSPS) is 22.8. The predicted octanol–water partition coefficient (Wildman–Crippen LogP) is 0.382. The smallest absolute Gasteiger partial charge is 0.139 e. The molecule has 0 bridgehead atoms. The molecule has 0 saturated heterocycles. The highest BCUT2D eigenvalue weighted by molar-refractivity contribution is 6.16. The largest absolute Gasteiger partial charge is 0.284 e. The van der Waals surface area contributed by atoms with Crippen LogP contribution in [-0.2, 0) is 0 Å². The van der Waals surface area contributed by atoms with E-state index in [2.05, 4.69) is 15.5 Å². The first-order valence-electron chi connectivity index (χ1n) is 2.55. The van der Waals surface area contributed by atoms with Crippen LogP contribution in [-0.4, -0.2) is 18.1 Å². The van der Waals surface area contributed by atoms with Gasteiger partial charge in [-0.15, -0.1) is 0 Å². The van der Waals surface area contributed by atoms with Crippen LogP contribution in [0.3, 0.4) is 0 Å². The molecule has 3 heteroatoms. The lowest BCUT2D eigenvalue weighted by Gasteiger charge is -2.20. The summed E-state index contributed by atoms with van der Waals surface area (Å²) in [6.45, 7) is 3.92. The first-order chi connectivity index (χ1) is 3.71. The Bertz CT molecular complexity index is 135. The van der Waals surface area contributed by atoms with Gasteiger partial charge in [-0.3, -0.25) is 10.4 Å². The van der Waals surface area contributed by atoms with E-state index in [1.165, 1.54) is 0 Å². The summed E-state index contributed by atoms with van der Waals surface area (Å²) in [7, 11) is 0. The van der Waals surface area contributed by atoms with Crippen LogP contribution in [0.5, 0.6) is 0 Å². The number of hydrazone groups is 1. The number of rotatable bonds is 0. The van der Waals surface area contributed by atoms with E-state index in [1.807, 2.05) is 13.8 Å². The molecule has 1 aliphatic rings. The third-order valence-corrected chi connectivity index (χ3v) is 0.877. The number of hydrogen-bond donors (Lipinski definition) is 1. The average molecular weight is 111 g/mol. The second kappa shape index (κ2) is 1.58. The van der Waals surface area contributed by atoms with Gasteiger partial charge in [0, 0.05) is 6.21 Å². The Morgan fingerprint density at radius 2 is 2.12 bits per heavy atom. The second-order valence-electron chi connectivity index (χ2n) is 2.23. The zero-order valence-electron chi connectivity index (χ0n) is 5.05. The lowest BCUT2D eigenvalue weighted by Crippen LogP contribution is -2.35. The zero-order chi connectivity index (χ0) is 6.04. The summed E-state index contributed by atoms with van der Waals surface area (Å²) in [6, 6.07) is 0. The van der Waals surface area contributed by atoms with Gasteiger partial charge in [0.05, 0.1) is 6.21 Å². The third-order valence-electron chi connectivity index (χ3n) is 0.877. The number of nitrogens with one attached hydrogen (secondary N) is 1. The lowest BCUT2D eigenvalue weighted by molar-refractivity contribution is 0.419. The predicted molar refractivity (Wildman–Crippen MR) is 34.2 cm³/mol. The van der Waals surface area contributed by atoms with Crippen LogP contribution in [0.1, 0.15) is 13.8 Å². The fraction of sp³-hybridized carbons (Fsp3) is 0.600. The van der Waals surface area contributed by atoms with E-state index in [1.54, 1.807) is 12.4 Å². The molecule has 0 aliphatic carbocycles. The summed E-state index contributed by atoms with van der Waals surface area (Å²) < 4.78 is 0. The SMILES string of the molecule is CC1(C)N=CC=NN1. The van der Waals surface area contributed by atoms with E-state index in [-0.39, 0.29) is 5.66 Å². The molecule has 1 N–H and O–H groups in total. The highest BCUT2D eigenvalue weighted by Gasteiger charge is 2.13. The van der Waals surface area contributed by atoms with Crippen molar-refractivity contribution in [3.05, 3.63) is 0 Å². The van der Waals surface area contributed by atoms with Gasteiger partial charge < -0.3 is 0 Å². The summed E-state index contributed by atoms with van der Waals surface area (Å²) in [5.41, 5.74) is 2.63. The fourth-order valence-corrected chi connectivity index (χ4v) is 0.477. The molecule has 44 valence electrons. The second-order valence-corrected chi connectivity index (χ2v) is 2.23. The Morgan fingerprint density at radius 3 is 2.38 bits per heavy atom. The lowest BCUT2D eigenvalue weighted by atomic mass is 10.3. The summed E-state index contributed by atoms with van der Waals surface area (Å²) in [5, 5.41) is 3.81. The molecule has 8 heavy (non-hydrogen) atoms. The molecule has 0 spiro atoms. The molecule has 3 nitrogen and oxygen atoms in total. The van der Waals surface area contributed by atoms with Crippen molar-refractivity contribution in [3.63, 3.8) is 0 Å². The minimum absolute atomic E-state index is 0.200. The van der Waals surface area contributed by atoms with Gasteiger partial charge in [-0.1, -0.05) is 0 Å². The van der Waals surface area contributed by atoms with Gasteiger partial charge in [-0.2, -0.15) is 5.10 Å². The maximum Gasteiger partial charge on any atom is 0.139 e. The van der Waals surface area contributed by atoms with Crippen molar-refractivity contribution < 1.29 is 0 Å². The Hall–Kier alpha value is -0.860. The maximum absolute atomic E-state index is 4.08. The summed E-state index contributed by atoms with van der Waals surface area (Å²) in [4.78, 5) is 4.08. The molecule has 0 saturated carbocycles. The Kier molecular flexibility index (Phi) is 1.04. The topological polar surface area (TPSA) is 36.8 Å².